The highest BCUT2D eigenvalue weighted by Crippen LogP contribution is 2.20. The van der Waals surface area contributed by atoms with E-state index in [-0.39, 0.29) is 18.4 Å². The van der Waals surface area contributed by atoms with Crippen molar-refractivity contribution in [2.45, 2.75) is 20.4 Å². The number of hydrogen-bond acceptors (Lipinski definition) is 3. The summed E-state index contributed by atoms with van der Waals surface area (Å²) in [5, 5.41) is 3.82. The summed E-state index contributed by atoms with van der Waals surface area (Å²) in [5.74, 6) is -0.385. The van der Waals surface area contributed by atoms with Gasteiger partial charge in [-0.3, -0.25) is 14.6 Å². The van der Waals surface area contributed by atoms with Crippen molar-refractivity contribution in [3.8, 4) is 0 Å². The van der Waals surface area contributed by atoms with Gasteiger partial charge < -0.3 is 10.2 Å². The SMILES string of the molecule is CC(=O)N(CC(=O)Nc1cccc2cccnc12)Cc1cccc(C)c1. The van der Waals surface area contributed by atoms with Crippen molar-refractivity contribution >= 4 is 28.4 Å². The maximum atomic E-state index is 12.5. The summed E-state index contributed by atoms with van der Waals surface area (Å²) >= 11 is 0. The van der Waals surface area contributed by atoms with E-state index in [0.29, 0.717) is 12.2 Å². The number of para-hydroxylation sites is 1. The van der Waals surface area contributed by atoms with Crippen LogP contribution in [0.1, 0.15) is 18.1 Å². The van der Waals surface area contributed by atoms with Crippen LogP contribution in [0.4, 0.5) is 5.69 Å². The fourth-order valence-electron chi connectivity index (χ4n) is 2.88. The van der Waals surface area contributed by atoms with Crippen LogP contribution in [0.15, 0.2) is 60.8 Å². The van der Waals surface area contributed by atoms with Crippen LogP contribution in [0.25, 0.3) is 10.9 Å². The fraction of sp³-hybridized carbons (Fsp3) is 0.190. The van der Waals surface area contributed by atoms with E-state index in [1.54, 1.807) is 6.20 Å². The minimum Gasteiger partial charge on any atom is -0.329 e. The Morgan fingerprint density at radius 2 is 1.85 bits per heavy atom. The van der Waals surface area contributed by atoms with E-state index < -0.39 is 0 Å². The Bertz CT molecular complexity index is 947. The lowest BCUT2D eigenvalue weighted by Gasteiger charge is -2.21. The molecule has 1 heterocycles. The molecule has 1 aromatic heterocycles. The minimum atomic E-state index is -0.244. The molecule has 0 saturated carbocycles. The molecule has 0 bridgehead atoms. The second kappa shape index (κ2) is 7.78. The van der Waals surface area contributed by atoms with Crippen molar-refractivity contribution in [1.82, 2.24) is 9.88 Å². The normalized spacial score (nSPS) is 10.5. The van der Waals surface area contributed by atoms with Crippen molar-refractivity contribution in [2.75, 3.05) is 11.9 Å². The van der Waals surface area contributed by atoms with E-state index >= 15 is 0 Å². The van der Waals surface area contributed by atoms with Gasteiger partial charge in [0.15, 0.2) is 0 Å². The van der Waals surface area contributed by atoms with E-state index in [4.69, 9.17) is 0 Å². The first-order valence-electron chi connectivity index (χ1n) is 8.47. The Balaban J connectivity index is 1.73. The quantitative estimate of drug-likeness (QED) is 0.768. The van der Waals surface area contributed by atoms with Crippen LogP contribution in [0.3, 0.4) is 0 Å². The van der Waals surface area contributed by atoms with Crippen LogP contribution < -0.4 is 5.32 Å². The molecule has 2 aromatic carbocycles. The van der Waals surface area contributed by atoms with Gasteiger partial charge in [0.05, 0.1) is 11.2 Å². The number of carbonyl (C=O) groups is 2. The lowest BCUT2D eigenvalue weighted by atomic mass is 10.1. The minimum absolute atomic E-state index is 0.00744. The zero-order chi connectivity index (χ0) is 18.5. The molecule has 5 heteroatoms. The number of nitrogens with zero attached hydrogens (tertiary/aromatic N) is 2. The van der Waals surface area contributed by atoms with E-state index in [2.05, 4.69) is 10.3 Å². The number of carbonyl (C=O) groups excluding carboxylic acids is 2. The molecular weight excluding hydrogens is 326 g/mol. The third-order valence-corrected chi connectivity index (χ3v) is 4.14. The third-order valence-electron chi connectivity index (χ3n) is 4.14. The van der Waals surface area contributed by atoms with Crippen LogP contribution in [0.5, 0.6) is 0 Å². The zero-order valence-electron chi connectivity index (χ0n) is 14.9. The fourth-order valence-corrected chi connectivity index (χ4v) is 2.88. The Morgan fingerprint density at radius 3 is 2.62 bits per heavy atom. The maximum Gasteiger partial charge on any atom is 0.244 e. The van der Waals surface area contributed by atoms with Crippen molar-refractivity contribution in [1.29, 1.82) is 0 Å². The Morgan fingerprint density at radius 1 is 1.08 bits per heavy atom. The van der Waals surface area contributed by atoms with Crippen LogP contribution in [-0.4, -0.2) is 28.2 Å². The van der Waals surface area contributed by atoms with Crippen molar-refractivity contribution in [3.05, 3.63) is 71.9 Å². The monoisotopic (exact) mass is 347 g/mol. The Labute approximate surface area is 152 Å². The summed E-state index contributed by atoms with van der Waals surface area (Å²) in [6.07, 6.45) is 1.69. The molecule has 0 fully saturated rings. The number of pyridine rings is 1. The molecule has 1 N–H and O–H groups in total. The molecule has 0 aliphatic heterocycles. The van der Waals surface area contributed by atoms with Gasteiger partial charge in [0.1, 0.15) is 6.54 Å². The van der Waals surface area contributed by atoms with Gasteiger partial charge >= 0.3 is 0 Å². The van der Waals surface area contributed by atoms with Crippen molar-refractivity contribution in [3.63, 3.8) is 0 Å². The molecule has 2 amide bonds. The number of hydrogen-bond donors (Lipinski definition) is 1. The Kier molecular flexibility index (Phi) is 5.27. The number of amides is 2. The van der Waals surface area contributed by atoms with Crippen LogP contribution in [-0.2, 0) is 16.1 Å². The van der Waals surface area contributed by atoms with E-state index in [9.17, 15) is 9.59 Å². The van der Waals surface area contributed by atoms with Crippen molar-refractivity contribution < 1.29 is 9.59 Å². The van der Waals surface area contributed by atoms with E-state index in [0.717, 1.165) is 22.0 Å². The van der Waals surface area contributed by atoms with Crippen LogP contribution in [0, 0.1) is 6.92 Å². The van der Waals surface area contributed by atoms with Gasteiger partial charge in [0.25, 0.3) is 0 Å². The van der Waals surface area contributed by atoms with Gasteiger partial charge in [-0.05, 0) is 24.6 Å². The molecule has 0 aliphatic carbocycles. The first-order chi connectivity index (χ1) is 12.5. The molecule has 0 atom stereocenters. The van der Waals surface area contributed by atoms with Gasteiger partial charge in [-0.25, -0.2) is 0 Å². The molecule has 26 heavy (non-hydrogen) atoms. The lowest BCUT2D eigenvalue weighted by molar-refractivity contribution is -0.133. The summed E-state index contributed by atoms with van der Waals surface area (Å²) in [5.41, 5.74) is 3.50. The lowest BCUT2D eigenvalue weighted by Crippen LogP contribution is -2.36. The van der Waals surface area contributed by atoms with Gasteiger partial charge in [-0.2, -0.15) is 0 Å². The summed E-state index contributed by atoms with van der Waals surface area (Å²) in [4.78, 5) is 30.3. The average molecular weight is 347 g/mol. The number of nitrogens with one attached hydrogen (secondary N) is 1. The predicted octanol–water partition coefficient (Wildman–Crippen LogP) is 3.53. The average Bonchev–Trinajstić information content (AvgIpc) is 2.61. The number of rotatable bonds is 5. The highest BCUT2D eigenvalue weighted by Gasteiger charge is 2.15. The molecule has 3 aromatic rings. The molecule has 0 radical (unpaired) electrons. The molecule has 5 nitrogen and oxygen atoms in total. The highest BCUT2D eigenvalue weighted by atomic mass is 16.2. The zero-order valence-corrected chi connectivity index (χ0v) is 14.9. The Hall–Kier alpha value is -3.21. The van der Waals surface area contributed by atoms with Crippen LogP contribution >= 0.6 is 0 Å². The summed E-state index contributed by atoms with van der Waals surface area (Å²) in [7, 11) is 0. The first kappa shape index (κ1) is 17.6. The smallest absolute Gasteiger partial charge is 0.244 e. The molecule has 3 rings (SSSR count). The standard InChI is InChI=1S/C21H21N3O2/c1-15-6-3-7-17(12-15)13-24(16(2)25)14-20(26)23-19-10-4-8-18-9-5-11-22-21(18)19/h3-12H,13-14H2,1-2H3,(H,23,26). The maximum absolute atomic E-state index is 12.5. The summed E-state index contributed by atoms with van der Waals surface area (Å²) in [6, 6.07) is 17.3. The van der Waals surface area contributed by atoms with E-state index in [1.807, 2.05) is 61.5 Å². The third kappa shape index (κ3) is 4.25. The van der Waals surface area contributed by atoms with Gasteiger partial charge in [0.2, 0.25) is 11.8 Å². The second-order valence-corrected chi connectivity index (χ2v) is 6.29. The molecule has 0 unspecified atom stereocenters. The molecule has 132 valence electrons. The van der Waals surface area contributed by atoms with Crippen molar-refractivity contribution in [2.24, 2.45) is 0 Å². The largest absolute Gasteiger partial charge is 0.329 e. The topological polar surface area (TPSA) is 62.3 Å². The number of anilines is 1. The number of aromatic nitrogens is 1. The van der Waals surface area contributed by atoms with E-state index in [1.165, 1.54) is 11.8 Å². The highest BCUT2D eigenvalue weighted by molar-refractivity contribution is 6.01. The second-order valence-electron chi connectivity index (χ2n) is 6.29. The number of aryl methyl sites for hydroxylation is 1. The van der Waals surface area contributed by atoms with Gasteiger partial charge in [-0.15, -0.1) is 0 Å². The summed E-state index contributed by atoms with van der Waals surface area (Å²) < 4.78 is 0. The molecular formula is C21H21N3O2. The molecule has 0 spiro atoms. The first-order valence-corrected chi connectivity index (χ1v) is 8.47. The van der Waals surface area contributed by atoms with Gasteiger partial charge in [0, 0.05) is 25.1 Å². The van der Waals surface area contributed by atoms with Crippen LogP contribution in [0.2, 0.25) is 0 Å². The van der Waals surface area contributed by atoms with Gasteiger partial charge in [-0.1, -0.05) is 48.0 Å². The number of benzene rings is 2. The number of fused-ring (bicyclic) bond motifs is 1. The summed E-state index contributed by atoms with van der Waals surface area (Å²) in [6.45, 7) is 3.87. The molecule has 0 aliphatic rings. The predicted molar refractivity (Wildman–Crippen MR) is 103 cm³/mol. The molecule has 0 saturated heterocycles.